The van der Waals surface area contributed by atoms with Crippen LogP contribution in [0.15, 0.2) is 0 Å². The highest BCUT2D eigenvalue weighted by Gasteiger charge is 2.61. The second-order valence-corrected chi connectivity index (χ2v) is 3.35. The van der Waals surface area contributed by atoms with Gasteiger partial charge in [0, 0.05) is 0 Å². The number of fused-ring (bicyclic) bond motifs is 1. The predicted molar refractivity (Wildman–Crippen MR) is 33.0 cm³/mol. The highest BCUT2D eigenvalue weighted by Crippen LogP contribution is 2.48. The molecule has 4 atom stereocenters. The quantitative estimate of drug-likeness (QED) is 0.541. The molecule has 1 saturated carbocycles. The van der Waals surface area contributed by atoms with Gasteiger partial charge in [-0.15, -0.1) is 8.78 Å². The molecule has 4 unspecified atom stereocenters. The molecule has 0 aromatic rings. The molecule has 1 saturated heterocycles. The Morgan fingerprint density at radius 2 is 1.36 bits per heavy atom. The molecule has 11 heavy (non-hydrogen) atoms. The molecule has 0 amide bonds. The fourth-order valence-electron chi connectivity index (χ4n) is 1.74. The highest BCUT2D eigenvalue weighted by molar-refractivity contribution is 4.98. The summed E-state index contributed by atoms with van der Waals surface area (Å²) in [5.74, 6) is 0.377. The first-order valence-corrected chi connectivity index (χ1v) is 3.75. The number of hydrogen-bond acceptors (Lipinski definition) is 2. The van der Waals surface area contributed by atoms with Gasteiger partial charge in [-0.25, -0.2) is 0 Å². The van der Waals surface area contributed by atoms with Crippen LogP contribution < -0.4 is 0 Å². The number of hydrogen-bond donors (Lipinski definition) is 0. The number of halogens is 2. The fraction of sp³-hybridized carbons (Fsp3) is 1.00. The summed E-state index contributed by atoms with van der Waals surface area (Å²) in [6.07, 6.45) is -4.12. The molecule has 0 aromatic carbocycles. The minimum atomic E-state index is -3.34. The van der Waals surface area contributed by atoms with Crippen LogP contribution in [0.5, 0.6) is 0 Å². The van der Waals surface area contributed by atoms with Gasteiger partial charge in [-0.1, -0.05) is 13.8 Å². The van der Waals surface area contributed by atoms with Crippen LogP contribution >= 0.6 is 0 Å². The summed E-state index contributed by atoms with van der Waals surface area (Å²) in [5, 5.41) is 0. The molecule has 4 heteroatoms. The van der Waals surface area contributed by atoms with Gasteiger partial charge in [0.25, 0.3) is 0 Å². The summed E-state index contributed by atoms with van der Waals surface area (Å²) in [6.45, 7) is 3.80. The van der Waals surface area contributed by atoms with Crippen LogP contribution in [0.3, 0.4) is 0 Å². The molecule has 2 aliphatic rings. The van der Waals surface area contributed by atoms with Crippen LogP contribution in [-0.2, 0) is 9.47 Å². The largest absolute Gasteiger partial charge is 0.486 e. The van der Waals surface area contributed by atoms with Crippen molar-refractivity contribution in [2.75, 3.05) is 0 Å². The SMILES string of the molecule is CC1C(C)C2OC(F)(F)OC12. The van der Waals surface area contributed by atoms with Crippen molar-refractivity contribution in [3.63, 3.8) is 0 Å². The molecule has 0 N–H and O–H groups in total. The van der Waals surface area contributed by atoms with Crippen molar-refractivity contribution >= 4 is 0 Å². The van der Waals surface area contributed by atoms with E-state index in [1.54, 1.807) is 0 Å². The zero-order valence-electron chi connectivity index (χ0n) is 6.38. The Kier molecular flexibility index (Phi) is 1.30. The van der Waals surface area contributed by atoms with Gasteiger partial charge in [0.15, 0.2) is 0 Å². The Morgan fingerprint density at radius 3 is 1.73 bits per heavy atom. The summed E-state index contributed by atoms with van der Waals surface area (Å²) in [5.41, 5.74) is 0. The van der Waals surface area contributed by atoms with E-state index in [4.69, 9.17) is 0 Å². The van der Waals surface area contributed by atoms with E-state index in [0.29, 0.717) is 0 Å². The van der Waals surface area contributed by atoms with Gasteiger partial charge >= 0.3 is 6.29 Å². The lowest BCUT2D eigenvalue weighted by Gasteiger charge is -2.41. The van der Waals surface area contributed by atoms with E-state index in [-0.39, 0.29) is 24.0 Å². The van der Waals surface area contributed by atoms with Crippen LogP contribution in [0.1, 0.15) is 13.8 Å². The smallest absolute Gasteiger partial charge is 0.289 e. The van der Waals surface area contributed by atoms with E-state index < -0.39 is 6.29 Å². The maximum absolute atomic E-state index is 12.4. The summed E-state index contributed by atoms with van der Waals surface area (Å²) in [7, 11) is 0. The molecule has 0 spiro atoms. The third kappa shape index (κ3) is 0.891. The first-order chi connectivity index (χ1) is 5.01. The first kappa shape index (κ1) is 7.43. The van der Waals surface area contributed by atoms with E-state index in [2.05, 4.69) is 9.47 Å². The summed E-state index contributed by atoms with van der Waals surface area (Å²) in [6, 6.07) is 0. The van der Waals surface area contributed by atoms with Crippen molar-refractivity contribution in [2.45, 2.75) is 32.4 Å². The lowest BCUT2D eigenvalue weighted by molar-refractivity contribution is -0.348. The zero-order chi connectivity index (χ0) is 8.22. The zero-order valence-corrected chi connectivity index (χ0v) is 6.38. The fourth-order valence-corrected chi connectivity index (χ4v) is 1.74. The maximum atomic E-state index is 12.4. The van der Waals surface area contributed by atoms with Crippen LogP contribution in [-0.4, -0.2) is 18.5 Å². The van der Waals surface area contributed by atoms with Crippen molar-refractivity contribution in [3.05, 3.63) is 0 Å². The molecule has 64 valence electrons. The predicted octanol–water partition coefficient (Wildman–Crippen LogP) is 1.61. The van der Waals surface area contributed by atoms with E-state index in [0.717, 1.165) is 0 Å². The Balaban J connectivity index is 2.09. The second kappa shape index (κ2) is 1.93. The molecule has 1 heterocycles. The van der Waals surface area contributed by atoms with Crippen LogP contribution in [0, 0.1) is 11.8 Å². The van der Waals surface area contributed by atoms with Gasteiger partial charge in [0.1, 0.15) is 0 Å². The van der Waals surface area contributed by atoms with Crippen molar-refractivity contribution in [1.82, 2.24) is 0 Å². The second-order valence-electron chi connectivity index (χ2n) is 3.35. The summed E-state index contributed by atoms with van der Waals surface area (Å²) < 4.78 is 33.5. The van der Waals surface area contributed by atoms with Crippen LogP contribution in [0.4, 0.5) is 8.78 Å². The normalized spacial score (nSPS) is 53.5. The summed E-state index contributed by atoms with van der Waals surface area (Å²) in [4.78, 5) is 0. The van der Waals surface area contributed by atoms with Crippen LogP contribution in [0.2, 0.25) is 0 Å². The van der Waals surface area contributed by atoms with Gasteiger partial charge in [-0.2, -0.15) is 0 Å². The van der Waals surface area contributed by atoms with Gasteiger partial charge in [0.2, 0.25) is 0 Å². The Bertz CT molecular complexity index is 165. The maximum Gasteiger partial charge on any atom is 0.486 e. The van der Waals surface area contributed by atoms with Crippen molar-refractivity contribution in [1.29, 1.82) is 0 Å². The minimum Gasteiger partial charge on any atom is -0.289 e. The van der Waals surface area contributed by atoms with E-state index in [9.17, 15) is 8.78 Å². The average Bonchev–Trinajstić information content (AvgIpc) is 2.23. The summed E-state index contributed by atoms with van der Waals surface area (Å²) >= 11 is 0. The molecular formula is C7H10F2O2. The molecule has 2 nitrogen and oxygen atoms in total. The van der Waals surface area contributed by atoms with Gasteiger partial charge in [-0.3, -0.25) is 9.47 Å². The lowest BCUT2D eigenvalue weighted by atomic mass is 9.71. The van der Waals surface area contributed by atoms with E-state index in [1.807, 2.05) is 13.8 Å². The number of ether oxygens (including phenoxy) is 2. The molecule has 1 aliphatic carbocycles. The standard InChI is InChI=1S/C7H10F2O2/c1-3-4(2)6-5(3)10-7(8,9)11-6/h3-6H,1-2H3. The van der Waals surface area contributed by atoms with Crippen molar-refractivity contribution in [3.8, 4) is 0 Å². The third-order valence-electron chi connectivity index (χ3n) is 2.74. The monoisotopic (exact) mass is 164 g/mol. The molecule has 2 fully saturated rings. The highest BCUT2D eigenvalue weighted by atomic mass is 19.3. The third-order valence-corrected chi connectivity index (χ3v) is 2.74. The average molecular weight is 164 g/mol. The Hall–Kier alpha value is -0.220. The molecule has 0 aromatic heterocycles. The molecule has 2 rings (SSSR count). The van der Waals surface area contributed by atoms with Crippen molar-refractivity contribution < 1.29 is 18.3 Å². The van der Waals surface area contributed by atoms with Gasteiger partial charge in [0.05, 0.1) is 12.2 Å². The number of rotatable bonds is 0. The lowest BCUT2D eigenvalue weighted by Crippen LogP contribution is -2.50. The van der Waals surface area contributed by atoms with Crippen LogP contribution in [0.25, 0.3) is 0 Å². The van der Waals surface area contributed by atoms with E-state index in [1.165, 1.54) is 0 Å². The minimum absolute atomic E-state index is 0.188. The Labute approximate surface area is 63.5 Å². The van der Waals surface area contributed by atoms with Gasteiger partial charge in [-0.05, 0) is 11.8 Å². The number of alkyl halides is 2. The van der Waals surface area contributed by atoms with Crippen molar-refractivity contribution in [2.24, 2.45) is 11.8 Å². The molecule has 0 bridgehead atoms. The van der Waals surface area contributed by atoms with E-state index >= 15 is 0 Å². The van der Waals surface area contributed by atoms with Gasteiger partial charge < -0.3 is 0 Å². The Morgan fingerprint density at radius 1 is 1.00 bits per heavy atom. The topological polar surface area (TPSA) is 18.5 Å². The molecule has 0 radical (unpaired) electrons. The molecular weight excluding hydrogens is 154 g/mol. The first-order valence-electron chi connectivity index (χ1n) is 3.75. The molecule has 1 aliphatic heterocycles.